The average molecular weight is 208 g/mol. The molecular weight excluding hydrogens is 200 g/mol. The Balaban J connectivity index is 3.40. The van der Waals surface area contributed by atoms with Crippen LogP contribution in [0.4, 0.5) is 5.69 Å². The number of nitro benzene ring substituents is 1. The highest BCUT2D eigenvalue weighted by Crippen LogP contribution is 2.17. The van der Waals surface area contributed by atoms with Gasteiger partial charge in [-0.15, -0.1) is 0 Å². The van der Waals surface area contributed by atoms with Gasteiger partial charge in [-0.3, -0.25) is 19.7 Å². The molecule has 0 heterocycles. The maximum atomic E-state index is 11.1. The fourth-order valence-electron chi connectivity index (χ4n) is 1.16. The van der Waals surface area contributed by atoms with Crippen molar-refractivity contribution in [1.82, 2.24) is 0 Å². The molecule has 6 nitrogen and oxygen atoms in total. The highest BCUT2D eigenvalue weighted by molar-refractivity contribution is 6.07. The summed E-state index contributed by atoms with van der Waals surface area (Å²) in [5, 5.41) is 10.4. The van der Waals surface area contributed by atoms with Gasteiger partial charge in [-0.2, -0.15) is 0 Å². The first-order valence-corrected chi connectivity index (χ1v) is 4.02. The molecule has 0 spiro atoms. The smallest absolute Gasteiger partial charge is 0.270 e. The first-order valence-electron chi connectivity index (χ1n) is 4.02. The minimum atomic E-state index is -0.857. The number of hydrogen-bond donors (Lipinski definition) is 1. The van der Waals surface area contributed by atoms with E-state index in [9.17, 15) is 19.7 Å². The van der Waals surface area contributed by atoms with E-state index in [2.05, 4.69) is 0 Å². The number of primary amides is 1. The summed E-state index contributed by atoms with van der Waals surface area (Å²) in [4.78, 5) is 31.8. The second kappa shape index (κ2) is 3.87. The molecule has 6 heteroatoms. The third-order valence-corrected chi connectivity index (χ3v) is 1.86. The highest BCUT2D eigenvalue weighted by Gasteiger charge is 2.16. The number of nitro groups is 1. The summed E-state index contributed by atoms with van der Waals surface area (Å²) in [5.41, 5.74) is 4.70. The van der Waals surface area contributed by atoms with Crippen LogP contribution in [0.15, 0.2) is 18.2 Å². The summed E-state index contributed by atoms with van der Waals surface area (Å²) < 4.78 is 0. The number of rotatable bonds is 3. The largest absolute Gasteiger partial charge is 0.366 e. The summed E-state index contributed by atoms with van der Waals surface area (Å²) in [5.74, 6) is -1.22. The van der Waals surface area contributed by atoms with E-state index >= 15 is 0 Å². The Morgan fingerprint density at radius 2 is 1.93 bits per heavy atom. The van der Waals surface area contributed by atoms with Crippen molar-refractivity contribution in [2.24, 2.45) is 5.73 Å². The van der Waals surface area contributed by atoms with Crippen LogP contribution < -0.4 is 5.73 Å². The third kappa shape index (κ3) is 2.16. The fraction of sp³-hybridized carbons (Fsp3) is 0.111. The van der Waals surface area contributed by atoms with Crippen molar-refractivity contribution in [3.8, 4) is 0 Å². The summed E-state index contributed by atoms with van der Waals surface area (Å²) in [6.45, 7) is 1.26. The van der Waals surface area contributed by atoms with Gasteiger partial charge < -0.3 is 5.73 Å². The minimum Gasteiger partial charge on any atom is -0.366 e. The number of hydrogen-bond acceptors (Lipinski definition) is 4. The quantitative estimate of drug-likeness (QED) is 0.452. The van der Waals surface area contributed by atoms with Crippen LogP contribution in [0.1, 0.15) is 27.6 Å². The van der Waals surface area contributed by atoms with E-state index in [0.29, 0.717) is 0 Å². The maximum Gasteiger partial charge on any atom is 0.270 e. The normalized spacial score (nSPS) is 9.67. The molecule has 0 fully saturated rings. The Kier molecular flexibility index (Phi) is 2.80. The molecule has 1 rings (SSSR count). The Labute approximate surface area is 84.8 Å². The number of carbonyl (C=O) groups is 2. The lowest BCUT2D eigenvalue weighted by atomic mass is 10.0. The average Bonchev–Trinajstić information content (AvgIpc) is 2.16. The Morgan fingerprint density at radius 1 is 1.33 bits per heavy atom. The second-order valence-corrected chi connectivity index (χ2v) is 2.91. The Hall–Kier alpha value is -2.24. The summed E-state index contributed by atoms with van der Waals surface area (Å²) in [6.07, 6.45) is 0. The van der Waals surface area contributed by atoms with Gasteiger partial charge in [-0.1, -0.05) is 0 Å². The molecule has 0 radical (unpaired) electrons. The third-order valence-electron chi connectivity index (χ3n) is 1.86. The summed E-state index contributed by atoms with van der Waals surface area (Å²) >= 11 is 0. The molecule has 15 heavy (non-hydrogen) atoms. The van der Waals surface area contributed by atoms with Crippen molar-refractivity contribution in [2.75, 3.05) is 0 Å². The molecule has 0 saturated heterocycles. The molecule has 0 aliphatic heterocycles. The van der Waals surface area contributed by atoms with Gasteiger partial charge in [0, 0.05) is 17.7 Å². The van der Waals surface area contributed by atoms with E-state index in [1.165, 1.54) is 13.0 Å². The van der Waals surface area contributed by atoms with E-state index in [-0.39, 0.29) is 22.6 Å². The molecule has 0 unspecified atom stereocenters. The van der Waals surface area contributed by atoms with Crippen LogP contribution in [0.5, 0.6) is 0 Å². The van der Waals surface area contributed by atoms with Gasteiger partial charge in [0.05, 0.1) is 10.5 Å². The lowest BCUT2D eigenvalue weighted by molar-refractivity contribution is -0.384. The van der Waals surface area contributed by atoms with Gasteiger partial charge >= 0.3 is 0 Å². The van der Waals surface area contributed by atoms with Crippen LogP contribution in [0, 0.1) is 10.1 Å². The molecule has 0 bridgehead atoms. The SMILES string of the molecule is CC(=O)c1ccc([N+](=O)[O-])cc1C(N)=O. The van der Waals surface area contributed by atoms with Crippen LogP contribution in [-0.4, -0.2) is 16.6 Å². The van der Waals surface area contributed by atoms with Crippen LogP contribution in [0.3, 0.4) is 0 Å². The van der Waals surface area contributed by atoms with E-state index in [0.717, 1.165) is 12.1 Å². The Morgan fingerprint density at radius 3 is 2.33 bits per heavy atom. The molecule has 1 amide bonds. The zero-order chi connectivity index (χ0) is 11.6. The molecule has 0 aromatic heterocycles. The Bertz CT molecular complexity index is 453. The lowest BCUT2D eigenvalue weighted by Gasteiger charge is -2.02. The predicted octanol–water partition coefficient (Wildman–Crippen LogP) is 0.896. The number of nitrogens with zero attached hydrogens (tertiary/aromatic N) is 1. The number of carbonyl (C=O) groups excluding carboxylic acids is 2. The summed E-state index contributed by atoms with van der Waals surface area (Å²) in [7, 11) is 0. The van der Waals surface area contributed by atoms with Gasteiger partial charge in [0.1, 0.15) is 0 Å². The van der Waals surface area contributed by atoms with E-state index in [1.807, 2.05) is 0 Å². The molecule has 1 aromatic carbocycles. The van der Waals surface area contributed by atoms with E-state index in [4.69, 9.17) is 5.73 Å². The van der Waals surface area contributed by atoms with Gasteiger partial charge in [-0.25, -0.2) is 0 Å². The number of Topliss-reactive ketones (excluding diaryl/α,β-unsaturated/α-hetero) is 1. The number of amides is 1. The standard InChI is InChI=1S/C9H8N2O4/c1-5(12)7-3-2-6(11(14)15)4-8(7)9(10)13/h2-4H,1H3,(H2,10,13). The highest BCUT2D eigenvalue weighted by atomic mass is 16.6. The van der Waals surface area contributed by atoms with E-state index < -0.39 is 10.8 Å². The monoisotopic (exact) mass is 208 g/mol. The molecule has 0 atom stereocenters. The number of non-ortho nitro benzene ring substituents is 1. The molecular formula is C9H8N2O4. The molecule has 0 saturated carbocycles. The van der Waals surface area contributed by atoms with Crippen LogP contribution in [-0.2, 0) is 0 Å². The van der Waals surface area contributed by atoms with Crippen molar-refractivity contribution in [3.05, 3.63) is 39.4 Å². The molecule has 0 aliphatic rings. The van der Waals surface area contributed by atoms with Crippen molar-refractivity contribution < 1.29 is 14.5 Å². The van der Waals surface area contributed by atoms with Gasteiger partial charge in [0.2, 0.25) is 5.91 Å². The topological polar surface area (TPSA) is 103 Å². The zero-order valence-corrected chi connectivity index (χ0v) is 7.89. The number of benzene rings is 1. The number of nitrogens with two attached hydrogens (primary N) is 1. The predicted molar refractivity (Wildman–Crippen MR) is 51.6 cm³/mol. The first kappa shape index (κ1) is 10.8. The van der Waals surface area contributed by atoms with Crippen molar-refractivity contribution >= 4 is 17.4 Å². The van der Waals surface area contributed by atoms with Crippen molar-refractivity contribution in [2.45, 2.75) is 6.92 Å². The second-order valence-electron chi connectivity index (χ2n) is 2.91. The minimum absolute atomic E-state index is 0.0908. The lowest BCUT2D eigenvalue weighted by Crippen LogP contribution is -2.15. The zero-order valence-electron chi connectivity index (χ0n) is 7.89. The van der Waals surface area contributed by atoms with Crippen molar-refractivity contribution in [1.29, 1.82) is 0 Å². The van der Waals surface area contributed by atoms with Crippen molar-refractivity contribution in [3.63, 3.8) is 0 Å². The van der Waals surface area contributed by atoms with Crippen LogP contribution >= 0.6 is 0 Å². The molecule has 1 aromatic rings. The van der Waals surface area contributed by atoms with Gasteiger partial charge in [-0.05, 0) is 13.0 Å². The summed E-state index contributed by atoms with van der Waals surface area (Å²) in [6, 6.07) is 3.38. The molecule has 0 aliphatic carbocycles. The molecule has 78 valence electrons. The van der Waals surface area contributed by atoms with Gasteiger partial charge in [0.25, 0.3) is 5.69 Å². The van der Waals surface area contributed by atoms with Crippen LogP contribution in [0.25, 0.3) is 0 Å². The van der Waals surface area contributed by atoms with Gasteiger partial charge in [0.15, 0.2) is 5.78 Å². The van der Waals surface area contributed by atoms with E-state index in [1.54, 1.807) is 0 Å². The number of ketones is 1. The van der Waals surface area contributed by atoms with Crippen LogP contribution in [0.2, 0.25) is 0 Å². The maximum absolute atomic E-state index is 11.1. The fourth-order valence-corrected chi connectivity index (χ4v) is 1.16. The molecule has 2 N–H and O–H groups in total. The first-order chi connectivity index (χ1) is 6.93.